The molecule has 33 heavy (non-hydrogen) atoms. The van der Waals surface area contributed by atoms with Crippen LogP contribution in [0, 0.1) is 0 Å². The van der Waals surface area contributed by atoms with Gasteiger partial charge in [0.2, 0.25) is 11.9 Å². The molecular weight excluding hydrogens is 416 g/mol. The Hall–Kier alpha value is -3.20. The topological polar surface area (TPSA) is 91.2 Å². The first-order valence-electron chi connectivity index (χ1n) is 12.0. The number of pyridine rings is 1. The second-order valence-electron chi connectivity index (χ2n) is 9.54. The molecule has 0 bridgehead atoms. The second kappa shape index (κ2) is 7.98. The summed E-state index contributed by atoms with van der Waals surface area (Å²) in [6, 6.07) is 6.18. The van der Waals surface area contributed by atoms with Gasteiger partial charge in [-0.1, -0.05) is 19.3 Å². The highest BCUT2D eigenvalue weighted by Gasteiger charge is 2.45. The van der Waals surface area contributed by atoms with Crippen molar-refractivity contribution in [3.05, 3.63) is 36.3 Å². The standard InChI is InChI=1S/C24H30N8O/c1-30-9-11-31(12-10-30)18-5-6-20(25-15-18)28-23-27-14-17-13-19-16-26-22(33)24(7-3-2-4-8-24)32(19)21(17)29-23/h5-6,13-15H,2-4,7-12,16H2,1H3,(H,26,33)(H,25,27,28,29). The number of fused-ring (bicyclic) bond motifs is 4. The maximum absolute atomic E-state index is 13.0. The van der Waals surface area contributed by atoms with Crippen LogP contribution in [0.5, 0.6) is 0 Å². The molecule has 2 aliphatic heterocycles. The van der Waals surface area contributed by atoms with Gasteiger partial charge in [-0.2, -0.15) is 4.98 Å². The number of piperazine rings is 1. The van der Waals surface area contributed by atoms with Gasteiger partial charge in [0.25, 0.3) is 0 Å². The van der Waals surface area contributed by atoms with Crippen molar-refractivity contribution in [2.75, 3.05) is 43.4 Å². The average Bonchev–Trinajstić information content (AvgIpc) is 3.22. The van der Waals surface area contributed by atoms with Crippen LogP contribution in [0.15, 0.2) is 30.6 Å². The van der Waals surface area contributed by atoms with Gasteiger partial charge >= 0.3 is 0 Å². The Morgan fingerprint density at radius 3 is 2.61 bits per heavy atom. The Labute approximate surface area is 193 Å². The molecule has 0 aromatic carbocycles. The van der Waals surface area contributed by atoms with E-state index in [0.717, 1.165) is 74.3 Å². The van der Waals surface area contributed by atoms with Gasteiger partial charge in [-0.3, -0.25) is 4.79 Å². The minimum absolute atomic E-state index is 0.126. The summed E-state index contributed by atoms with van der Waals surface area (Å²) in [7, 11) is 2.16. The summed E-state index contributed by atoms with van der Waals surface area (Å²) >= 11 is 0. The van der Waals surface area contributed by atoms with E-state index in [1.807, 2.05) is 18.5 Å². The number of hydrogen-bond acceptors (Lipinski definition) is 7. The first-order valence-corrected chi connectivity index (χ1v) is 12.0. The van der Waals surface area contributed by atoms with E-state index < -0.39 is 5.54 Å². The highest BCUT2D eigenvalue weighted by Crippen LogP contribution is 2.41. The fourth-order valence-corrected chi connectivity index (χ4v) is 5.56. The minimum Gasteiger partial charge on any atom is -0.368 e. The van der Waals surface area contributed by atoms with E-state index in [9.17, 15) is 4.79 Å². The first kappa shape index (κ1) is 20.4. The van der Waals surface area contributed by atoms with Crippen LogP contribution in [0.3, 0.4) is 0 Å². The zero-order valence-electron chi connectivity index (χ0n) is 19.0. The Morgan fingerprint density at radius 2 is 1.85 bits per heavy atom. The monoisotopic (exact) mass is 446 g/mol. The van der Waals surface area contributed by atoms with Gasteiger partial charge < -0.3 is 25.0 Å². The predicted molar refractivity (Wildman–Crippen MR) is 128 cm³/mol. The van der Waals surface area contributed by atoms with E-state index in [-0.39, 0.29) is 5.91 Å². The molecule has 1 aliphatic carbocycles. The molecule has 3 aliphatic rings. The molecule has 172 valence electrons. The number of nitrogens with zero attached hydrogens (tertiary/aromatic N) is 6. The van der Waals surface area contributed by atoms with Gasteiger partial charge in [0.1, 0.15) is 17.0 Å². The molecule has 0 atom stereocenters. The van der Waals surface area contributed by atoms with Crippen LogP contribution in [0.25, 0.3) is 11.0 Å². The molecule has 1 spiro atoms. The number of rotatable bonds is 3. The van der Waals surface area contributed by atoms with Crippen molar-refractivity contribution in [2.45, 2.75) is 44.2 Å². The zero-order chi connectivity index (χ0) is 22.4. The van der Waals surface area contributed by atoms with E-state index in [2.05, 4.69) is 54.1 Å². The summed E-state index contributed by atoms with van der Waals surface area (Å²) in [4.78, 5) is 31.7. The van der Waals surface area contributed by atoms with Crippen molar-refractivity contribution in [1.29, 1.82) is 0 Å². The van der Waals surface area contributed by atoms with Crippen LogP contribution in [-0.2, 0) is 16.9 Å². The van der Waals surface area contributed by atoms with Crippen molar-refractivity contribution in [3.63, 3.8) is 0 Å². The van der Waals surface area contributed by atoms with E-state index in [1.54, 1.807) is 0 Å². The summed E-state index contributed by atoms with van der Waals surface area (Å²) in [5.74, 6) is 1.34. The number of likely N-dealkylation sites (N-methyl/N-ethyl adjacent to an activating group) is 1. The third-order valence-electron chi connectivity index (χ3n) is 7.43. The highest BCUT2D eigenvalue weighted by molar-refractivity contribution is 5.90. The molecule has 1 amide bonds. The number of hydrogen-bond donors (Lipinski definition) is 2. The lowest BCUT2D eigenvalue weighted by molar-refractivity contribution is -0.133. The highest BCUT2D eigenvalue weighted by atomic mass is 16.2. The lowest BCUT2D eigenvalue weighted by Gasteiger charge is -2.41. The molecule has 3 aromatic heterocycles. The fraction of sp³-hybridized carbons (Fsp3) is 0.500. The Morgan fingerprint density at radius 1 is 1.03 bits per heavy atom. The number of anilines is 3. The quantitative estimate of drug-likeness (QED) is 0.639. The van der Waals surface area contributed by atoms with E-state index >= 15 is 0 Å². The Balaban J connectivity index is 1.28. The predicted octanol–water partition coefficient (Wildman–Crippen LogP) is 2.61. The molecule has 1 saturated heterocycles. The maximum Gasteiger partial charge on any atom is 0.246 e. The molecule has 2 fully saturated rings. The van der Waals surface area contributed by atoms with Crippen LogP contribution >= 0.6 is 0 Å². The number of carbonyl (C=O) groups is 1. The van der Waals surface area contributed by atoms with Crippen molar-refractivity contribution < 1.29 is 4.79 Å². The third kappa shape index (κ3) is 3.51. The first-order chi connectivity index (χ1) is 16.1. The van der Waals surface area contributed by atoms with E-state index in [0.29, 0.717) is 18.3 Å². The smallest absolute Gasteiger partial charge is 0.246 e. The molecule has 0 radical (unpaired) electrons. The summed E-state index contributed by atoms with van der Waals surface area (Å²) in [5.41, 5.74) is 2.54. The van der Waals surface area contributed by atoms with Crippen molar-refractivity contribution in [1.82, 2.24) is 29.7 Å². The summed E-state index contributed by atoms with van der Waals surface area (Å²) in [6.45, 7) is 4.69. The van der Waals surface area contributed by atoms with Gasteiger partial charge in [0, 0.05) is 43.5 Å². The number of amides is 1. The Bertz CT molecular complexity index is 1170. The summed E-state index contributed by atoms with van der Waals surface area (Å²) in [5, 5.41) is 7.34. The summed E-state index contributed by atoms with van der Waals surface area (Å²) in [6.07, 6.45) is 8.78. The normalized spacial score (nSPS) is 20.6. The molecule has 2 N–H and O–H groups in total. The zero-order valence-corrected chi connectivity index (χ0v) is 19.0. The van der Waals surface area contributed by atoms with Crippen LogP contribution < -0.4 is 15.5 Å². The fourth-order valence-electron chi connectivity index (χ4n) is 5.56. The lowest BCUT2D eigenvalue weighted by atomic mass is 9.79. The van der Waals surface area contributed by atoms with Gasteiger partial charge in [0.15, 0.2) is 0 Å². The molecular formula is C24H30N8O. The molecule has 5 heterocycles. The largest absolute Gasteiger partial charge is 0.368 e. The summed E-state index contributed by atoms with van der Waals surface area (Å²) < 4.78 is 2.19. The molecule has 3 aromatic rings. The number of carbonyl (C=O) groups excluding carboxylic acids is 1. The maximum atomic E-state index is 13.0. The van der Waals surface area contributed by atoms with Gasteiger partial charge in [0.05, 0.1) is 18.4 Å². The Kier molecular flexibility index (Phi) is 4.94. The molecule has 9 heteroatoms. The van der Waals surface area contributed by atoms with Crippen molar-refractivity contribution in [2.24, 2.45) is 0 Å². The van der Waals surface area contributed by atoms with Crippen LogP contribution in [0.1, 0.15) is 37.8 Å². The van der Waals surface area contributed by atoms with E-state index in [1.165, 1.54) is 6.42 Å². The molecule has 0 unspecified atom stereocenters. The van der Waals surface area contributed by atoms with E-state index in [4.69, 9.17) is 4.98 Å². The average molecular weight is 447 g/mol. The molecule has 9 nitrogen and oxygen atoms in total. The SMILES string of the molecule is CN1CCN(c2ccc(Nc3ncc4cc5n(c4n3)C3(CCCCC3)C(=O)NC5)nc2)CC1. The van der Waals surface area contributed by atoms with Crippen LogP contribution in [-0.4, -0.2) is 63.6 Å². The minimum atomic E-state index is -0.526. The van der Waals surface area contributed by atoms with Crippen LogP contribution in [0.4, 0.5) is 17.5 Å². The third-order valence-corrected chi connectivity index (χ3v) is 7.43. The van der Waals surface area contributed by atoms with Gasteiger partial charge in [-0.15, -0.1) is 0 Å². The van der Waals surface area contributed by atoms with Crippen molar-refractivity contribution in [3.8, 4) is 0 Å². The van der Waals surface area contributed by atoms with Crippen molar-refractivity contribution >= 4 is 34.4 Å². The lowest BCUT2D eigenvalue weighted by Crippen LogP contribution is -2.54. The molecule has 6 rings (SSSR count). The second-order valence-corrected chi connectivity index (χ2v) is 9.54. The molecule has 1 saturated carbocycles. The number of aromatic nitrogens is 4. The van der Waals surface area contributed by atoms with Crippen LogP contribution in [0.2, 0.25) is 0 Å². The van der Waals surface area contributed by atoms with Gasteiger partial charge in [-0.25, -0.2) is 9.97 Å². The van der Waals surface area contributed by atoms with Gasteiger partial charge in [-0.05, 0) is 38.1 Å². The number of nitrogens with one attached hydrogen (secondary N) is 2.